The molecular formula is C24H23ClN2O3. The van der Waals surface area contributed by atoms with Crippen LogP contribution in [0.2, 0.25) is 5.02 Å². The van der Waals surface area contributed by atoms with Crippen LogP contribution in [0, 0.1) is 13.8 Å². The number of aliphatic carboxylic acids is 1. The lowest BCUT2D eigenvalue weighted by molar-refractivity contribution is -0.136. The van der Waals surface area contributed by atoms with E-state index in [9.17, 15) is 10.0 Å². The second-order valence-corrected chi connectivity index (χ2v) is 7.74. The van der Waals surface area contributed by atoms with Crippen molar-refractivity contribution in [2.45, 2.75) is 32.6 Å². The van der Waals surface area contributed by atoms with Gasteiger partial charge in [0.1, 0.15) is 0 Å². The lowest BCUT2D eigenvalue weighted by Crippen LogP contribution is -2.12. The maximum absolute atomic E-state index is 11.0. The molecule has 0 unspecified atom stereocenters. The highest BCUT2D eigenvalue weighted by atomic mass is 35.5. The van der Waals surface area contributed by atoms with E-state index in [1.165, 1.54) is 0 Å². The first-order valence-electron chi connectivity index (χ1n) is 9.58. The van der Waals surface area contributed by atoms with Crippen molar-refractivity contribution in [1.29, 1.82) is 0 Å². The molecule has 0 fully saturated rings. The van der Waals surface area contributed by atoms with Gasteiger partial charge in [-0.05, 0) is 60.4 Å². The first kappa shape index (κ1) is 21.5. The molecule has 5 nitrogen and oxygen atoms in total. The van der Waals surface area contributed by atoms with Crippen LogP contribution in [-0.4, -0.2) is 27.0 Å². The first-order valence-corrected chi connectivity index (χ1v) is 9.96. The number of hydrogen-bond acceptors (Lipinski definition) is 4. The van der Waals surface area contributed by atoms with Crippen molar-refractivity contribution in [3.05, 3.63) is 99.3 Å². The standard InChI is InChI=1S/C24H23ClN2O3/c1-15-11-20(25)7-8-21(15)22(18-5-3-17(4-6-18)13-24(28)29)14-23(27-30)19-9-10-26-16(2)12-19/h3-12,22,30H,13-14H2,1-2H3,(H,28,29)/b27-23-/t22-/m1/s1. The number of hydrogen-bond donors (Lipinski definition) is 2. The number of pyridine rings is 1. The minimum absolute atomic E-state index is 0.0233. The second kappa shape index (κ2) is 9.55. The van der Waals surface area contributed by atoms with Gasteiger partial charge in [0.15, 0.2) is 0 Å². The largest absolute Gasteiger partial charge is 0.481 e. The van der Waals surface area contributed by atoms with E-state index in [1.54, 1.807) is 6.20 Å². The first-order chi connectivity index (χ1) is 14.4. The number of carboxylic acid groups (broad SMARTS) is 1. The molecule has 2 N–H and O–H groups in total. The summed E-state index contributed by atoms with van der Waals surface area (Å²) in [6.45, 7) is 3.89. The Labute approximate surface area is 180 Å². The van der Waals surface area contributed by atoms with Gasteiger partial charge in [0, 0.05) is 34.8 Å². The molecule has 1 aromatic heterocycles. The highest BCUT2D eigenvalue weighted by Crippen LogP contribution is 2.33. The number of nitrogens with zero attached hydrogens (tertiary/aromatic N) is 2. The van der Waals surface area contributed by atoms with Gasteiger partial charge in [-0.25, -0.2) is 0 Å². The average molecular weight is 423 g/mol. The minimum Gasteiger partial charge on any atom is -0.481 e. The van der Waals surface area contributed by atoms with Gasteiger partial charge in [0.2, 0.25) is 0 Å². The molecule has 154 valence electrons. The zero-order valence-electron chi connectivity index (χ0n) is 16.8. The molecule has 2 aromatic carbocycles. The molecule has 0 saturated carbocycles. The van der Waals surface area contributed by atoms with Crippen molar-refractivity contribution in [3.8, 4) is 0 Å². The van der Waals surface area contributed by atoms with E-state index < -0.39 is 5.97 Å². The van der Waals surface area contributed by atoms with Crippen LogP contribution in [-0.2, 0) is 11.2 Å². The van der Waals surface area contributed by atoms with E-state index in [4.69, 9.17) is 16.7 Å². The molecule has 0 aliphatic carbocycles. The summed E-state index contributed by atoms with van der Waals surface area (Å²) < 4.78 is 0. The molecule has 1 atom stereocenters. The topological polar surface area (TPSA) is 82.8 Å². The molecule has 30 heavy (non-hydrogen) atoms. The Bertz CT molecular complexity index is 1080. The summed E-state index contributed by atoms with van der Waals surface area (Å²) in [6.07, 6.45) is 2.13. The van der Waals surface area contributed by atoms with Gasteiger partial charge in [0.05, 0.1) is 12.1 Å². The number of benzene rings is 2. The molecule has 3 aromatic rings. The van der Waals surface area contributed by atoms with E-state index in [0.29, 0.717) is 17.2 Å². The second-order valence-electron chi connectivity index (χ2n) is 7.30. The SMILES string of the molecule is Cc1cc(/C(C[C@H](c2ccc(CC(=O)O)cc2)c2ccc(Cl)cc2C)=N\O)ccn1. The fourth-order valence-corrected chi connectivity index (χ4v) is 3.84. The molecule has 0 saturated heterocycles. The van der Waals surface area contributed by atoms with E-state index in [0.717, 1.165) is 33.5 Å². The fraction of sp³-hybridized carbons (Fsp3) is 0.208. The summed E-state index contributed by atoms with van der Waals surface area (Å²) in [7, 11) is 0. The quantitative estimate of drug-likeness (QED) is 0.304. The maximum atomic E-state index is 11.0. The number of halogens is 1. The number of carbonyl (C=O) groups is 1. The molecule has 0 amide bonds. The van der Waals surface area contributed by atoms with E-state index in [2.05, 4.69) is 10.1 Å². The summed E-state index contributed by atoms with van der Waals surface area (Å²) in [5.41, 5.74) is 6.03. The van der Waals surface area contributed by atoms with Crippen LogP contribution in [0.15, 0.2) is 65.9 Å². The third-order valence-electron chi connectivity index (χ3n) is 5.09. The van der Waals surface area contributed by atoms with Crippen molar-refractivity contribution in [1.82, 2.24) is 4.98 Å². The lowest BCUT2D eigenvalue weighted by Gasteiger charge is -2.21. The molecule has 1 heterocycles. The average Bonchev–Trinajstić information content (AvgIpc) is 2.70. The van der Waals surface area contributed by atoms with Crippen molar-refractivity contribution < 1.29 is 15.1 Å². The van der Waals surface area contributed by atoms with E-state index in [1.807, 2.05) is 68.4 Å². The molecule has 0 spiro atoms. The molecule has 3 rings (SSSR count). The Hall–Kier alpha value is -3.18. The Morgan fingerprint density at radius 2 is 1.83 bits per heavy atom. The number of carboxylic acids is 1. The summed E-state index contributed by atoms with van der Waals surface area (Å²) in [5, 5.41) is 23.0. The van der Waals surface area contributed by atoms with E-state index in [-0.39, 0.29) is 12.3 Å². The van der Waals surface area contributed by atoms with Crippen LogP contribution < -0.4 is 0 Å². The van der Waals surface area contributed by atoms with Crippen LogP contribution in [0.5, 0.6) is 0 Å². The van der Waals surface area contributed by atoms with Crippen molar-refractivity contribution in [3.63, 3.8) is 0 Å². The third kappa shape index (κ3) is 5.24. The number of oxime groups is 1. The van der Waals surface area contributed by atoms with Gasteiger partial charge in [0.25, 0.3) is 0 Å². The van der Waals surface area contributed by atoms with Gasteiger partial charge in [-0.1, -0.05) is 47.1 Å². The van der Waals surface area contributed by atoms with Crippen molar-refractivity contribution >= 4 is 23.3 Å². The van der Waals surface area contributed by atoms with Gasteiger partial charge in [-0.2, -0.15) is 0 Å². The smallest absolute Gasteiger partial charge is 0.307 e. The van der Waals surface area contributed by atoms with Crippen LogP contribution in [0.25, 0.3) is 0 Å². The van der Waals surface area contributed by atoms with Gasteiger partial charge in [-0.15, -0.1) is 0 Å². The Kier molecular flexibility index (Phi) is 6.85. The summed E-state index contributed by atoms with van der Waals surface area (Å²) in [5.74, 6) is -0.962. The minimum atomic E-state index is -0.865. The normalized spacial score (nSPS) is 12.6. The summed E-state index contributed by atoms with van der Waals surface area (Å²) >= 11 is 6.16. The highest BCUT2D eigenvalue weighted by Gasteiger charge is 2.21. The number of aromatic nitrogens is 1. The Balaban J connectivity index is 2.02. The number of rotatable bonds is 7. The molecule has 6 heteroatoms. The monoisotopic (exact) mass is 422 g/mol. The fourth-order valence-electron chi connectivity index (χ4n) is 3.61. The zero-order valence-corrected chi connectivity index (χ0v) is 17.6. The molecule has 0 aliphatic rings. The van der Waals surface area contributed by atoms with Crippen LogP contribution >= 0.6 is 11.6 Å². The lowest BCUT2D eigenvalue weighted by atomic mass is 9.83. The predicted molar refractivity (Wildman–Crippen MR) is 118 cm³/mol. The highest BCUT2D eigenvalue weighted by molar-refractivity contribution is 6.30. The van der Waals surface area contributed by atoms with Crippen LogP contribution in [0.4, 0.5) is 0 Å². The Morgan fingerprint density at radius 1 is 1.10 bits per heavy atom. The van der Waals surface area contributed by atoms with Crippen molar-refractivity contribution in [2.24, 2.45) is 5.16 Å². The predicted octanol–water partition coefficient (Wildman–Crippen LogP) is 5.38. The van der Waals surface area contributed by atoms with Gasteiger partial charge >= 0.3 is 5.97 Å². The van der Waals surface area contributed by atoms with Gasteiger partial charge < -0.3 is 10.3 Å². The van der Waals surface area contributed by atoms with Gasteiger partial charge in [-0.3, -0.25) is 9.78 Å². The number of aryl methyl sites for hydroxylation is 2. The third-order valence-corrected chi connectivity index (χ3v) is 5.33. The molecule has 0 radical (unpaired) electrons. The molecule has 0 aliphatic heterocycles. The van der Waals surface area contributed by atoms with E-state index >= 15 is 0 Å². The molecular weight excluding hydrogens is 400 g/mol. The van der Waals surface area contributed by atoms with Crippen LogP contribution in [0.3, 0.4) is 0 Å². The Morgan fingerprint density at radius 3 is 2.43 bits per heavy atom. The van der Waals surface area contributed by atoms with Crippen LogP contribution in [0.1, 0.15) is 45.8 Å². The molecule has 0 bridgehead atoms. The van der Waals surface area contributed by atoms with Crippen molar-refractivity contribution in [2.75, 3.05) is 0 Å². The summed E-state index contributed by atoms with van der Waals surface area (Å²) in [4.78, 5) is 15.2. The zero-order chi connectivity index (χ0) is 21.7. The maximum Gasteiger partial charge on any atom is 0.307 e. The summed E-state index contributed by atoms with van der Waals surface area (Å²) in [6, 6.07) is 17.0.